The van der Waals surface area contributed by atoms with Gasteiger partial charge in [-0.25, -0.2) is 0 Å². The lowest BCUT2D eigenvalue weighted by Gasteiger charge is -2.24. The molecule has 0 saturated heterocycles. The maximum absolute atomic E-state index is 11.8. The first-order valence-electron chi connectivity index (χ1n) is 4.41. The van der Waals surface area contributed by atoms with Crippen LogP contribution >= 0.6 is 24.0 Å². The molecule has 0 heterocycles. The molecule has 0 aliphatic rings. The van der Waals surface area contributed by atoms with Crippen LogP contribution < -0.4 is 5.73 Å². The van der Waals surface area contributed by atoms with Gasteiger partial charge in [0.05, 0.1) is 4.99 Å². The number of thioether (sulfide) groups is 1. The van der Waals surface area contributed by atoms with Crippen LogP contribution in [0.3, 0.4) is 0 Å². The molecule has 15 heavy (non-hydrogen) atoms. The van der Waals surface area contributed by atoms with Gasteiger partial charge in [0.2, 0.25) is 0 Å². The molecule has 1 atom stereocenters. The summed E-state index contributed by atoms with van der Waals surface area (Å²) >= 11 is 4.72. The van der Waals surface area contributed by atoms with Gasteiger partial charge in [-0.1, -0.05) is 12.2 Å². The van der Waals surface area contributed by atoms with Crippen molar-refractivity contribution in [1.82, 2.24) is 4.90 Å². The highest BCUT2D eigenvalue weighted by Crippen LogP contribution is 2.29. The Morgan fingerprint density at radius 1 is 1.53 bits per heavy atom. The first kappa shape index (κ1) is 15.0. The number of rotatable bonds is 6. The molecular formula is C8H15F3N2S2. The van der Waals surface area contributed by atoms with Gasteiger partial charge in [0.1, 0.15) is 0 Å². The minimum absolute atomic E-state index is 0.00757. The number of nitrogens with two attached hydrogens (primary N) is 1. The Morgan fingerprint density at radius 2 is 2.07 bits per heavy atom. The maximum Gasteiger partial charge on any atom is 0.441 e. The molecule has 1 unspecified atom stereocenters. The summed E-state index contributed by atoms with van der Waals surface area (Å²) in [6.07, 6.45) is 0.530. The number of alkyl halides is 3. The largest absolute Gasteiger partial charge is 0.441 e. The third kappa shape index (κ3) is 8.95. The van der Waals surface area contributed by atoms with E-state index in [1.165, 1.54) is 0 Å². The SMILES string of the molecule is CC(CC(N)=S)N(C)CCSC(F)(F)F. The van der Waals surface area contributed by atoms with Crippen LogP contribution in [0.2, 0.25) is 0 Å². The van der Waals surface area contributed by atoms with E-state index < -0.39 is 5.51 Å². The summed E-state index contributed by atoms with van der Waals surface area (Å²) in [7, 11) is 1.76. The molecule has 0 saturated carbocycles. The van der Waals surface area contributed by atoms with Crippen LogP contribution in [0, 0.1) is 0 Å². The Labute approximate surface area is 97.4 Å². The van der Waals surface area contributed by atoms with Crippen molar-refractivity contribution in [2.75, 3.05) is 19.3 Å². The van der Waals surface area contributed by atoms with E-state index in [-0.39, 0.29) is 23.6 Å². The Kier molecular flexibility index (Phi) is 6.54. The zero-order valence-electron chi connectivity index (χ0n) is 8.67. The van der Waals surface area contributed by atoms with Gasteiger partial charge in [-0.15, -0.1) is 0 Å². The second-order valence-electron chi connectivity index (χ2n) is 3.29. The van der Waals surface area contributed by atoms with Crippen LogP contribution in [-0.4, -0.2) is 40.8 Å². The molecule has 2 N–H and O–H groups in total. The predicted octanol–water partition coefficient (Wildman–Crippen LogP) is 2.24. The Hall–Kier alpha value is -0.0100. The molecule has 0 aromatic heterocycles. The molecular weight excluding hydrogens is 245 g/mol. The molecule has 0 aromatic rings. The summed E-state index contributed by atoms with van der Waals surface area (Å²) < 4.78 is 35.5. The fourth-order valence-corrected chi connectivity index (χ4v) is 1.82. The highest BCUT2D eigenvalue weighted by atomic mass is 32.2. The minimum Gasteiger partial charge on any atom is -0.393 e. The third-order valence-electron chi connectivity index (χ3n) is 1.96. The lowest BCUT2D eigenvalue weighted by Crippen LogP contribution is -2.34. The zero-order chi connectivity index (χ0) is 12.1. The molecule has 0 aromatic carbocycles. The van der Waals surface area contributed by atoms with Crippen LogP contribution in [0.5, 0.6) is 0 Å². The van der Waals surface area contributed by atoms with Gasteiger partial charge in [0.15, 0.2) is 0 Å². The van der Waals surface area contributed by atoms with E-state index in [1.807, 2.05) is 11.8 Å². The molecule has 0 aliphatic carbocycles. The number of hydrogen-bond donors (Lipinski definition) is 1. The minimum atomic E-state index is -4.15. The van der Waals surface area contributed by atoms with Gasteiger partial charge < -0.3 is 10.6 Å². The Balaban J connectivity index is 3.73. The van der Waals surface area contributed by atoms with Gasteiger partial charge in [-0.05, 0) is 25.7 Å². The lowest BCUT2D eigenvalue weighted by atomic mass is 10.2. The van der Waals surface area contributed by atoms with Crippen molar-refractivity contribution in [2.45, 2.75) is 24.9 Å². The average Bonchev–Trinajstić information content (AvgIpc) is 2.00. The quantitative estimate of drug-likeness (QED) is 0.742. The fraction of sp³-hybridized carbons (Fsp3) is 0.875. The van der Waals surface area contributed by atoms with Crippen molar-refractivity contribution in [1.29, 1.82) is 0 Å². The normalized spacial score (nSPS) is 14.3. The van der Waals surface area contributed by atoms with Crippen molar-refractivity contribution in [3.05, 3.63) is 0 Å². The standard InChI is InChI=1S/C8H15F3N2S2/c1-6(5-7(12)14)13(2)3-4-15-8(9,10)11/h6H,3-5H2,1-2H3,(H2,12,14). The monoisotopic (exact) mass is 260 g/mol. The van der Waals surface area contributed by atoms with E-state index in [0.29, 0.717) is 18.0 Å². The molecule has 7 heteroatoms. The van der Waals surface area contributed by atoms with E-state index in [2.05, 4.69) is 0 Å². The molecule has 90 valence electrons. The van der Waals surface area contributed by atoms with Crippen molar-refractivity contribution in [3.63, 3.8) is 0 Å². The zero-order valence-corrected chi connectivity index (χ0v) is 10.3. The van der Waals surface area contributed by atoms with Crippen LogP contribution in [0.4, 0.5) is 13.2 Å². The highest BCUT2D eigenvalue weighted by molar-refractivity contribution is 8.00. The number of hydrogen-bond acceptors (Lipinski definition) is 3. The molecule has 0 spiro atoms. The number of halogens is 3. The summed E-state index contributed by atoms with van der Waals surface area (Å²) in [6, 6.07) is 0.0799. The van der Waals surface area contributed by atoms with Crippen LogP contribution in [-0.2, 0) is 0 Å². The summed E-state index contributed by atoms with van der Waals surface area (Å²) in [5.41, 5.74) is 1.20. The summed E-state index contributed by atoms with van der Waals surface area (Å²) in [5.74, 6) is 0.0294. The van der Waals surface area contributed by atoms with Crippen molar-refractivity contribution in [3.8, 4) is 0 Å². The topological polar surface area (TPSA) is 29.3 Å². The second kappa shape index (κ2) is 6.55. The predicted molar refractivity (Wildman–Crippen MR) is 62.0 cm³/mol. The molecule has 2 nitrogen and oxygen atoms in total. The summed E-state index contributed by atoms with van der Waals surface area (Å²) in [6.45, 7) is 2.26. The summed E-state index contributed by atoms with van der Waals surface area (Å²) in [4.78, 5) is 2.20. The smallest absolute Gasteiger partial charge is 0.393 e. The molecule has 0 bridgehead atoms. The second-order valence-corrected chi connectivity index (χ2v) is 4.98. The van der Waals surface area contributed by atoms with Gasteiger partial charge >= 0.3 is 5.51 Å². The van der Waals surface area contributed by atoms with Gasteiger partial charge in [0.25, 0.3) is 0 Å². The van der Waals surface area contributed by atoms with E-state index in [0.717, 1.165) is 0 Å². The summed E-state index contributed by atoms with van der Waals surface area (Å²) in [5, 5.41) is 0. The fourth-order valence-electron chi connectivity index (χ4n) is 0.973. The van der Waals surface area contributed by atoms with Gasteiger partial charge in [-0.3, -0.25) is 0 Å². The lowest BCUT2D eigenvalue weighted by molar-refractivity contribution is -0.0328. The number of thiocarbonyl (C=S) groups is 1. The van der Waals surface area contributed by atoms with Crippen LogP contribution in [0.1, 0.15) is 13.3 Å². The van der Waals surface area contributed by atoms with Crippen molar-refractivity contribution >= 4 is 29.0 Å². The third-order valence-corrected chi connectivity index (χ3v) is 2.84. The first-order valence-corrected chi connectivity index (χ1v) is 5.81. The Morgan fingerprint density at radius 3 is 2.47 bits per heavy atom. The first-order chi connectivity index (χ1) is 6.72. The van der Waals surface area contributed by atoms with Crippen LogP contribution in [0.25, 0.3) is 0 Å². The molecule has 0 fully saturated rings. The average molecular weight is 260 g/mol. The van der Waals surface area contributed by atoms with Gasteiger partial charge in [0, 0.05) is 24.8 Å². The molecule has 0 aliphatic heterocycles. The van der Waals surface area contributed by atoms with E-state index in [9.17, 15) is 13.2 Å². The van der Waals surface area contributed by atoms with Crippen molar-refractivity contribution in [2.24, 2.45) is 5.73 Å². The van der Waals surface area contributed by atoms with E-state index in [4.69, 9.17) is 18.0 Å². The van der Waals surface area contributed by atoms with E-state index >= 15 is 0 Å². The van der Waals surface area contributed by atoms with E-state index in [1.54, 1.807) is 7.05 Å². The molecule has 0 rings (SSSR count). The molecule has 0 amide bonds. The maximum atomic E-state index is 11.8. The Bertz CT molecular complexity index is 209. The van der Waals surface area contributed by atoms with Crippen molar-refractivity contribution < 1.29 is 13.2 Å². The highest BCUT2D eigenvalue weighted by Gasteiger charge is 2.27. The molecule has 0 radical (unpaired) electrons. The van der Waals surface area contributed by atoms with Gasteiger partial charge in [-0.2, -0.15) is 13.2 Å². The van der Waals surface area contributed by atoms with Crippen LogP contribution in [0.15, 0.2) is 0 Å². The number of nitrogens with zero attached hydrogens (tertiary/aromatic N) is 1.